The van der Waals surface area contributed by atoms with Crippen LogP contribution < -0.4 is 20.2 Å². The molecular weight excluding hydrogens is 412 g/mol. The molecule has 4 rings (SSSR count). The molecule has 2 saturated heterocycles. The van der Waals surface area contributed by atoms with E-state index in [-0.39, 0.29) is 24.4 Å². The Morgan fingerprint density at radius 1 is 1.19 bits per heavy atom. The van der Waals surface area contributed by atoms with Gasteiger partial charge in [-0.25, -0.2) is 4.79 Å². The van der Waals surface area contributed by atoms with E-state index in [4.69, 9.17) is 9.47 Å². The van der Waals surface area contributed by atoms with Crippen molar-refractivity contribution in [3.8, 4) is 11.5 Å². The van der Waals surface area contributed by atoms with Crippen molar-refractivity contribution in [3.63, 3.8) is 0 Å². The van der Waals surface area contributed by atoms with Gasteiger partial charge in [0.15, 0.2) is 0 Å². The molecule has 3 fully saturated rings. The molecule has 1 aliphatic carbocycles. The van der Waals surface area contributed by atoms with Crippen LogP contribution in [0, 0.1) is 5.92 Å². The summed E-state index contributed by atoms with van der Waals surface area (Å²) >= 11 is 0. The number of rotatable bonds is 6. The summed E-state index contributed by atoms with van der Waals surface area (Å²) in [5, 5.41) is 3.70. The Hall–Kier alpha value is -2.81. The van der Waals surface area contributed by atoms with Crippen LogP contribution in [0.4, 0.5) is 4.79 Å². The van der Waals surface area contributed by atoms with Crippen molar-refractivity contribution in [2.75, 3.05) is 27.3 Å². The lowest BCUT2D eigenvalue weighted by Crippen LogP contribution is -2.52. The molecule has 0 unspecified atom stereocenters. The maximum Gasteiger partial charge on any atom is 0.344 e. The summed E-state index contributed by atoms with van der Waals surface area (Å²) in [6.07, 6.45) is 4.81. The van der Waals surface area contributed by atoms with E-state index >= 15 is 0 Å². The van der Waals surface area contributed by atoms with Gasteiger partial charge in [0.2, 0.25) is 0 Å². The number of amides is 4. The number of carbonyl (C=O) groups is 3. The molecule has 174 valence electrons. The summed E-state index contributed by atoms with van der Waals surface area (Å²) in [4.78, 5) is 40.3. The lowest BCUT2D eigenvalue weighted by atomic mass is 9.77. The molecule has 1 spiro atoms. The average molecular weight is 445 g/mol. The lowest BCUT2D eigenvalue weighted by Gasteiger charge is -2.33. The Balaban J connectivity index is 1.42. The molecule has 1 saturated carbocycles. The predicted molar refractivity (Wildman–Crippen MR) is 117 cm³/mol. The fourth-order valence-electron chi connectivity index (χ4n) is 5.12. The number of methoxy groups -OCH3 is 2. The number of hydrazine groups is 1. The Bertz CT molecular complexity index is 896. The maximum absolute atomic E-state index is 13.0. The summed E-state index contributed by atoms with van der Waals surface area (Å²) in [6.45, 7) is 2.98. The van der Waals surface area contributed by atoms with Crippen LogP contribution in [-0.4, -0.2) is 60.6 Å². The molecule has 0 radical (unpaired) electrons. The van der Waals surface area contributed by atoms with Gasteiger partial charge in [-0.2, -0.15) is 5.01 Å². The zero-order chi connectivity index (χ0) is 22.9. The average Bonchev–Trinajstić information content (AvgIpc) is 3.33. The number of nitrogens with zero attached hydrogens (tertiary/aromatic N) is 2. The third kappa shape index (κ3) is 4.13. The van der Waals surface area contributed by atoms with Crippen molar-refractivity contribution in [2.24, 2.45) is 5.92 Å². The predicted octanol–water partition coefficient (Wildman–Crippen LogP) is 2.37. The van der Waals surface area contributed by atoms with Gasteiger partial charge >= 0.3 is 6.03 Å². The van der Waals surface area contributed by atoms with Crippen LogP contribution in [0.15, 0.2) is 18.2 Å². The van der Waals surface area contributed by atoms with E-state index in [0.717, 1.165) is 42.8 Å². The molecule has 2 heterocycles. The summed E-state index contributed by atoms with van der Waals surface area (Å²) in [6, 6.07) is 5.14. The number of likely N-dealkylation sites (tertiary alicyclic amines) is 1. The number of imide groups is 1. The Labute approximate surface area is 188 Å². The second-order valence-electron chi connectivity index (χ2n) is 9.11. The van der Waals surface area contributed by atoms with E-state index in [9.17, 15) is 14.4 Å². The number of nitrogens with one attached hydrogen (secondary N) is 2. The number of benzene rings is 1. The van der Waals surface area contributed by atoms with Crippen LogP contribution in [-0.2, 0) is 9.59 Å². The highest BCUT2D eigenvalue weighted by atomic mass is 16.5. The van der Waals surface area contributed by atoms with E-state index in [1.165, 1.54) is 0 Å². The van der Waals surface area contributed by atoms with Crippen molar-refractivity contribution < 1.29 is 23.9 Å². The fourth-order valence-corrected chi connectivity index (χ4v) is 5.12. The smallest absolute Gasteiger partial charge is 0.344 e. The van der Waals surface area contributed by atoms with Crippen LogP contribution in [0.25, 0.3) is 0 Å². The second kappa shape index (κ2) is 8.97. The molecule has 2 aliphatic heterocycles. The second-order valence-corrected chi connectivity index (χ2v) is 9.11. The van der Waals surface area contributed by atoms with Gasteiger partial charge in [-0.15, -0.1) is 0 Å². The number of ether oxygens (including phenoxy) is 2. The topological polar surface area (TPSA) is 100 Å². The zero-order valence-corrected chi connectivity index (χ0v) is 19.0. The minimum absolute atomic E-state index is 0.0101. The van der Waals surface area contributed by atoms with Crippen molar-refractivity contribution in [1.29, 1.82) is 0 Å². The number of hydrogen-bond donors (Lipinski definition) is 2. The summed E-state index contributed by atoms with van der Waals surface area (Å²) in [5.74, 6) is 1.23. The molecule has 1 aromatic carbocycles. The Kier molecular flexibility index (Phi) is 6.28. The molecule has 1 atom stereocenters. The molecule has 9 nitrogen and oxygen atoms in total. The SMILES string of the molecule is COc1ccc([C@H]2CCCN2CC(=O)NN2C(=O)NC3(CCC(C)CC3)C2=O)c(OC)c1. The minimum atomic E-state index is -0.872. The third-order valence-electron chi connectivity index (χ3n) is 7.04. The highest BCUT2D eigenvalue weighted by Gasteiger charge is 2.53. The fraction of sp³-hybridized carbons (Fsp3) is 0.609. The molecule has 4 amide bonds. The molecule has 3 aliphatic rings. The van der Waals surface area contributed by atoms with Gasteiger partial charge in [-0.1, -0.05) is 13.0 Å². The zero-order valence-electron chi connectivity index (χ0n) is 19.0. The molecular formula is C23H32N4O5. The lowest BCUT2D eigenvalue weighted by molar-refractivity contribution is -0.140. The standard InChI is InChI=1S/C23H32N4O5/c1-15-8-10-23(11-9-15)21(29)27(22(30)24-23)25-20(28)14-26-12-4-5-18(26)17-7-6-16(31-2)13-19(17)32-3/h6-7,13,15,18H,4-5,8-12,14H2,1-3H3,(H,24,30)(H,25,28)/t15?,18-,23?/m1/s1. The van der Waals surface area contributed by atoms with Crippen LogP contribution in [0.3, 0.4) is 0 Å². The van der Waals surface area contributed by atoms with Gasteiger partial charge in [0.05, 0.1) is 20.8 Å². The first kappa shape index (κ1) is 22.4. The van der Waals surface area contributed by atoms with E-state index in [1.807, 2.05) is 18.2 Å². The van der Waals surface area contributed by atoms with E-state index in [1.54, 1.807) is 14.2 Å². The molecule has 9 heteroatoms. The molecule has 1 aromatic rings. The maximum atomic E-state index is 13.0. The van der Waals surface area contributed by atoms with E-state index in [2.05, 4.69) is 22.6 Å². The van der Waals surface area contributed by atoms with Crippen LogP contribution in [0.1, 0.15) is 57.1 Å². The summed E-state index contributed by atoms with van der Waals surface area (Å²) in [7, 11) is 3.22. The Morgan fingerprint density at radius 2 is 1.94 bits per heavy atom. The molecule has 0 aromatic heterocycles. The Morgan fingerprint density at radius 3 is 2.62 bits per heavy atom. The van der Waals surface area contributed by atoms with Crippen molar-refractivity contribution in [2.45, 2.75) is 57.0 Å². The van der Waals surface area contributed by atoms with Crippen LogP contribution >= 0.6 is 0 Å². The van der Waals surface area contributed by atoms with Gasteiger partial charge in [0, 0.05) is 17.7 Å². The molecule has 0 bridgehead atoms. The normalized spacial score (nSPS) is 28.2. The van der Waals surface area contributed by atoms with Crippen LogP contribution in [0.2, 0.25) is 0 Å². The van der Waals surface area contributed by atoms with Gasteiger partial charge < -0.3 is 14.8 Å². The summed E-state index contributed by atoms with van der Waals surface area (Å²) < 4.78 is 10.8. The number of hydrogen-bond acceptors (Lipinski definition) is 6. The quantitative estimate of drug-likeness (QED) is 0.654. The van der Waals surface area contributed by atoms with Gasteiger partial charge in [-0.05, 0) is 57.1 Å². The van der Waals surface area contributed by atoms with Crippen LogP contribution in [0.5, 0.6) is 11.5 Å². The van der Waals surface area contributed by atoms with Crippen molar-refractivity contribution >= 4 is 17.8 Å². The molecule has 2 N–H and O–H groups in total. The van der Waals surface area contributed by atoms with E-state index in [0.29, 0.717) is 30.3 Å². The first-order valence-electron chi connectivity index (χ1n) is 11.3. The number of carbonyl (C=O) groups excluding carboxylic acids is 3. The van der Waals surface area contributed by atoms with Gasteiger partial charge in [0.1, 0.15) is 17.0 Å². The first-order valence-corrected chi connectivity index (χ1v) is 11.3. The highest BCUT2D eigenvalue weighted by Crippen LogP contribution is 2.39. The first-order chi connectivity index (χ1) is 15.4. The highest BCUT2D eigenvalue weighted by molar-refractivity contribution is 6.08. The molecule has 32 heavy (non-hydrogen) atoms. The van der Waals surface area contributed by atoms with E-state index < -0.39 is 11.6 Å². The monoisotopic (exact) mass is 444 g/mol. The third-order valence-corrected chi connectivity index (χ3v) is 7.04. The van der Waals surface area contributed by atoms with Crippen molar-refractivity contribution in [1.82, 2.24) is 20.7 Å². The van der Waals surface area contributed by atoms with Gasteiger partial charge in [-0.3, -0.25) is 19.9 Å². The van der Waals surface area contributed by atoms with Gasteiger partial charge in [0.25, 0.3) is 11.8 Å². The summed E-state index contributed by atoms with van der Waals surface area (Å²) in [5.41, 5.74) is 2.67. The minimum Gasteiger partial charge on any atom is -0.497 e. The van der Waals surface area contributed by atoms with Crippen molar-refractivity contribution in [3.05, 3.63) is 23.8 Å². The number of urea groups is 1. The largest absolute Gasteiger partial charge is 0.497 e.